The van der Waals surface area contributed by atoms with E-state index >= 15 is 0 Å². The molecule has 1 aliphatic heterocycles. The first-order valence-electron chi connectivity index (χ1n) is 12.1. The van der Waals surface area contributed by atoms with E-state index in [9.17, 15) is 5.11 Å². The predicted octanol–water partition coefficient (Wildman–Crippen LogP) is 4.67. The predicted molar refractivity (Wildman–Crippen MR) is 133 cm³/mol. The molecule has 0 aliphatic carbocycles. The normalized spacial score (nSPS) is 15.6. The molecule has 7 nitrogen and oxygen atoms in total. The zero-order valence-corrected chi connectivity index (χ0v) is 19.5. The summed E-state index contributed by atoms with van der Waals surface area (Å²) in [5.41, 5.74) is 12.1. The molecule has 0 bridgehead atoms. The Hall–Kier alpha value is -3.13. The van der Waals surface area contributed by atoms with E-state index in [4.69, 9.17) is 20.6 Å². The lowest BCUT2D eigenvalue weighted by Crippen LogP contribution is -2.14. The lowest BCUT2D eigenvalue weighted by atomic mass is 9.88. The molecule has 1 fully saturated rings. The molecule has 0 saturated carbocycles. The third-order valence-electron chi connectivity index (χ3n) is 6.60. The fraction of sp³-hybridized carbons (Fsp3) is 0.370. The number of nitrogens with zero attached hydrogens (tertiary/aromatic N) is 4. The SMILES string of the molecule is CCCC(N)c1cccc(-c2cc(C3CCOCC3)c3cnn(-c4cccc(CO)n4)c3c2)n1. The third-order valence-corrected chi connectivity index (χ3v) is 6.60. The highest BCUT2D eigenvalue weighted by molar-refractivity contribution is 5.88. The maximum absolute atomic E-state index is 9.57. The minimum absolute atomic E-state index is 0.0698. The molecule has 4 aromatic rings. The molecule has 1 saturated heterocycles. The molecule has 4 heterocycles. The molecule has 3 aromatic heterocycles. The monoisotopic (exact) mass is 457 g/mol. The number of hydrogen-bond acceptors (Lipinski definition) is 6. The van der Waals surface area contributed by atoms with Gasteiger partial charge in [-0.2, -0.15) is 5.10 Å². The average molecular weight is 458 g/mol. The maximum atomic E-state index is 9.57. The molecule has 1 aromatic carbocycles. The number of aliphatic hydroxyl groups excluding tert-OH is 1. The number of ether oxygens (including phenoxy) is 1. The van der Waals surface area contributed by atoms with Crippen molar-refractivity contribution < 1.29 is 9.84 Å². The highest BCUT2D eigenvalue weighted by Gasteiger charge is 2.22. The van der Waals surface area contributed by atoms with Crippen molar-refractivity contribution in [3.05, 3.63) is 71.7 Å². The molecule has 1 aliphatic rings. The van der Waals surface area contributed by atoms with Crippen molar-refractivity contribution >= 4 is 10.9 Å². The molecule has 7 heteroatoms. The number of rotatable bonds is 7. The third kappa shape index (κ3) is 4.46. The van der Waals surface area contributed by atoms with Crippen molar-refractivity contribution in [2.24, 2.45) is 5.73 Å². The number of fused-ring (bicyclic) bond motifs is 1. The van der Waals surface area contributed by atoms with Gasteiger partial charge >= 0.3 is 0 Å². The van der Waals surface area contributed by atoms with Gasteiger partial charge in [0.25, 0.3) is 0 Å². The zero-order chi connectivity index (χ0) is 23.5. The number of aliphatic hydroxyl groups is 1. The van der Waals surface area contributed by atoms with Crippen LogP contribution in [0.25, 0.3) is 28.0 Å². The van der Waals surface area contributed by atoms with Crippen molar-refractivity contribution in [1.82, 2.24) is 19.7 Å². The molecule has 1 atom stereocenters. The molecular weight excluding hydrogens is 426 g/mol. The van der Waals surface area contributed by atoms with E-state index in [0.717, 1.165) is 66.8 Å². The van der Waals surface area contributed by atoms with Crippen LogP contribution in [0.15, 0.2) is 54.7 Å². The van der Waals surface area contributed by atoms with Crippen LogP contribution < -0.4 is 5.73 Å². The number of aromatic nitrogens is 4. The van der Waals surface area contributed by atoms with Gasteiger partial charge in [0.1, 0.15) is 0 Å². The summed E-state index contributed by atoms with van der Waals surface area (Å²) >= 11 is 0. The first kappa shape index (κ1) is 22.7. The summed E-state index contributed by atoms with van der Waals surface area (Å²) in [6, 6.07) is 16.0. The van der Waals surface area contributed by atoms with Crippen LogP contribution >= 0.6 is 0 Å². The number of hydrogen-bond donors (Lipinski definition) is 2. The second-order valence-electron chi connectivity index (χ2n) is 8.93. The van der Waals surface area contributed by atoms with Gasteiger partial charge in [0.15, 0.2) is 5.82 Å². The van der Waals surface area contributed by atoms with Crippen molar-refractivity contribution in [1.29, 1.82) is 0 Å². The molecule has 0 spiro atoms. The lowest BCUT2D eigenvalue weighted by molar-refractivity contribution is 0.0856. The van der Waals surface area contributed by atoms with Gasteiger partial charge in [-0.05, 0) is 67.1 Å². The molecular formula is C27H31N5O2. The van der Waals surface area contributed by atoms with Crippen molar-refractivity contribution in [2.75, 3.05) is 13.2 Å². The van der Waals surface area contributed by atoms with E-state index < -0.39 is 0 Å². The number of pyridine rings is 2. The number of benzene rings is 1. The Morgan fingerprint density at radius 2 is 1.94 bits per heavy atom. The smallest absolute Gasteiger partial charge is 0.154 e. The first-order chi connectivity index (χ1) is 16.7. The van der Waals surface area contributed by atoms with Crippen LogP contribution in [0.5, 0.6) is 0 Å². The van der Waals surface area contributed by atoms with Gasteiger partial charge in [0, 0.05) is 30.2 Å². The highest BCUT2D eigenvalue weighted by Crippen LogP contribution is 2.36. The van der Waals surface area contributed by atoms with E-state index in [1.165, 1.54) is 5.56 Å². The molecule has 1 unspecified atom stereocenters. The summed E-state index contributed by atoms with van der Waals surface area (Å²) < 4.78 is 7.49. The molecule has 176 valence electrons. The van der Waals surface area contributed by atoms with Gasteiger partial charge in [0.05, 0.1) is 35.4 Å². The molecule has 34 heavy (non-hydrogen) atoms. The summed E-state index contributed by atoms with van der Waals surface area (Å²) in [6.45, 7) is 3.56. The van der Waals surface area contributed by atoms with E-state index in [-0.39, 0.29) is 12.6 Å². The van der Waals surface area contributed by atoms with Gasteiger partial charge in [-0.25, -0.2) is 9.67 Å². The summed E-state index contributed by atoms with van der Waals surface area (Å²) in [7, 11) is 0. The van der Waals surface area contributed by atoms with Crippen LogP contribution in [0.1, 0.15) is 61.5 Å². The standard InChI is InChI=1S/C27H31N5O2/c1-2-5-23(28)25-8-4-7-24(31-25)19-14-21(18-10-12-34-13-11-18)22-16-29-32(26(22)15-19)27-9-3-6-20(17-33)30-27/h3-4,6-9,14-16,18,23,33H,2,5,10-13,17,28H2,1H3. The van der Waals surface area contributed by atoms with E-state index in [1.807, 2.05) is 47.3 Å². The van der Waals surface area contributed by atoms with Gasteiger partial charge in [0.2, 0.25) is 0 Å². The Morgan fingerprint density at radius 1 is 1.12 bits per heavy atom. The minimum atomic E-state index is -0.111. The van der Waals surface area contributed by atoms with Crippen molar-refractivity contribution in [3.8, 4) is 17.1 Å². The van der Waals surface area contributed by atoms with E-state index in [2.05, 4.69) is 24.0 Å². The number of nitrogens with two attached hydrogens (primary N) is 1. The maximum Gasteiger partial charge on any atom is 0.154 e. The van der Waals surface area contributed by atoms with Gasteiger partial charge in [-0.3, -0.25) is 4.98 Å². The Morgan fingerprint density at radius 3 is 2.74 bits per heavy atom. The molecule has 5 rings (SSSR count). The Balaban J connectivity index is 1.67. The molecule has 0 radical (unpaired) electrons. The highest BCUT2D eigenvalue weighted by atomic mass is 16.5. The van der Waals surface area contributed by atoms with Crippen LogP contribution in [0.3, 0.4) is 0 Å². The first-order valence-corrected chi connectivity index (χ1v) is 12.1. The van der Waals surface area contributed by atoms with Gasteiger partial charge in [-0.1, -0.05) is 25.5 Å². The second kappa shape index (κ2) is 10.0. The summed E-state index contributed by atoms with van der Waals surface area (Å²) in [4.78, 5) is 9.53. The summed E-state index contributed by atoms with van der Waals surface area (Å²) in [6.07, 6.45) is 5.82. The van der Waals surface area contributed by atoms with Crippen LogP contribution in [0, 0.1) is 0 Å². The largest absolute Gasteiger partial charge is 0.390 e. The molecule has 3 N–H and O–H groups in total. The topological polar surface area (TPSA) is 99.1 Å². The zero-order valence-electron chi connectivity index (χ0n) is 19.5. The van der Waals surface area contributed by atoms with Gasteiger partial charge < -0.3 is 15.6 Å². The van der Waals surface area contributed by atoms with Crippen LogP contribution in [-0.4, -0.2) is 38.1 Å². The minimum Gasteiger partial charge on any atom is -0.390 e. The Bertz CT molecular complexity index is 1280. The quantitative estimate of drug-likeness (QED) is 0.418. The van der Waals surface area contributed by atoms with Crippen molar-refractivity contribution in [3.63, 3.8) is 0 Å². The lowest BCUT2D eigenvalue weighted by Gasteiger charge is -2.24. The van der Waals surface area contributed by atoms with E-state index in [0.29, 0.717) is 17.4 Å². The van der Waals surface area contributed by atoms with E-state index in [1.54, 1.807) is 0 Å². The van der Waals surface area contributed by atoms with Crippen LogP contribution in [0.4, 0.5) is 0 Å². The fourth-order valence-corrected chi connectivity index (χ4v) is 4.78. The fourth-order valence-electron chi connectivity index (χ4n) is 4.78. The van der Waals surface area contributed by atoms with Crippen LogP contribution in [-0.2, 0) is 11.3 Å². The van der Waals surface area contributed by atoms with Gasteiger partial charge in [-0.15, -0.1) is 0 Å². The Labute approximate surface area is 199 Å². The second-order valence-corrected chi connectivity index (χ2v) is 8.93. The summed E-state index contributed by atoms with van der Waals surface area (Å²) in [5, 5.41) is 15.4. The molecule has 0 amide bonds. The average Bonchev–Trinajstić information content (AvgIpc) is 3.33. The van der Waals surface area contributed by atoms with Crippen LogP contribution in [0.2, 0.25) is 0 Å². The summed E-state index contributed by atoms with van der Waals surface area (Å²) in [5.74, 6) is 1.08. The van der Waals surface area contributed by atoms with Crippen molar-refractivity contribution in [2.45, 2.75) is 51.2 Å². The Kier molecular flexibility index (Phi) is 6.67.